The first-order valence-corrected chi connectivity index (χ1v) is 5.55. The third-order valence-electron chi connectivity index (χ3n) is 2.14. The van der Waals surface area contributed by atoms with Crippen molar-refractivity contribution in [3.8, 4) is 6.07 Å². The Morgan fingerprint density at radius 1 is 1.31 bits per heavy atom. The van der Waals surface area contributed by atoms with Gasteiger partial charge in [-0.2, -0.15) is 5.26 Å². The highest BCUT2D eigenvalue weighted by atomic mass is 32.1. The Morgan fingerprint density at radius 3 is 2.62 bits per heavy atom. The van der Waals surface area contributed by atoms with Crippen molar-refractivity contribution in [2.24, 2.45) is 5.73 Å². The van der Waals surface area contributed by atoms with Gasteiger partial charge in [0.05, 0.1) is 16.1 Å². The van der Waals surface area contributed by atoms with Gasteiger partial charge in [-0.15, -0.1) is 11.3 Å². The highest BCUT2D eigenvalue weighted by Crippen LogP contribution is 2.24. The largest absolute Gasteiger partial charge is 0.396 e. The molecule has 2 N–H and O–H groups in total. The number of allylic oxidation sites excluding steroid dienone is 1. The van der Waals surface area contributed by atoms with E-state index in [4.69, 9.17) is 11.0 Å². The Hall–Kier alpha value is -2.12. The van der Waals surface area contributed by atoms with Gasteiger partial charge in [0.2, 0.25) is 0 Å². The van der Waals surface area contributed by atoms with Crippen LogP contribution in [-0.2, 0) is 0 Å². The Bertz CT molecular complexity index is 535. The van der Waals surface area contributed by atoms with E-state index in [0.717, 1.165) is 10.4 Å². The molecule has 78 valence electrons. The average Bonchev–Trinajstić information content (AvgIpc) is 2.85. The van der Waals surface area contributed by atoms with Gasteiger partial charge in [-0.25, -0.2) is 0 Å². The molecule has 0 fully saturated rings. The van der Waals surface area contributed by atoms with Crippen LogP contribution >= 0.6 is 11.3 Å². The van der Waals surface area contributed by atoms with Crippen molar-refractivity contribution in [1.82, 2.24) is 4.98 Å². The van der Waals surface area contributed by atoms with Gasteiger partial charge in [0.15, 0.2) is 0 Å². The molecule has 0 aromatic carbocycles. The second-order valence-electron chi connectivity index (χ2n) is 3.11. The molecule has 0 amide bonds. The molecular formula is C12H9N3S. The Labute approximate surface area is 97.5 Å². The number of aromatic nitrogens is 1. The van der Waals surface area contributed by atoms with Crippen molar-refractivity contribution >= 4 is 22.6 Å². The molecule has 2 heterocycles. The highest BCUT2D eigenvalue weighted by Gasteiger charge is 2.08. The molecule has 0 aliphatic heterocycles. The van der Waals surface area contributed by atoms with Crippen LogP contribution in [0.1, 0.15) is 10.4 Å². The summed E-state index contributed by atoms with van der Waals surface area (Å²) in [6.45, 7) is 0. The Balaban J connectivity index is 2.52. The first-order chi connectivity index (χ1) is 7.83. The predicted octanol–water partition coefficient (Wildman–Crippen LogP) is 2.49. The molecule has 0 aliphatic carbocycles. The maximum absolute atomic E-state index is 9.15. The second-order valence-corrected chi connectivity index (χ2v) is 4.06. The number of thiophene rings is 1. The summed E-state index contributed by atoms with van der Waals surface area (Å²) in [5, 5.41) is 11.1. The summed E-state index contributed by atoms with van der Waals surface area (Å²) in [4.78, 5) is 4.82. The number of hydrogen-bond acceptors (Lipinski definition) is 4. The summed E-state index contributed by atoms with van der Waals surface area (Å²) >= 11 is 1.52. The van der Waals surface area contributed by atoms with E-state index in [1.54, 1.807) is 24.5 Å². The standard InChI is InChI=1S/C12H9N3S/c13-8-10(9-3-5-15-6-4-9)12(14)11-2-1-7-16-11/h1-7H,14H2/b12-10-. The number of nitrogens with two attached hydrogens (primary N) is 1. The molecule has 0 unspecified atom stereocenters. The van der Waals surface area contributed by atoms with Crippen molar-refractivity contribution in [2.75, 3.05) is 0 Å². The average molecular weight is 227 g/mol. The van der Waals surface area contributed by atoms with Crippen LogP contribution < -0.4 is 5.73 Å². The van der Waals surface area contributed by atoms with E-state index in [-0.39, 0.29) is 0 Å². The molecule has 0 saturated carbocycles. The van der Waals surface area contributed by atoms with E-state index in [0.29, 0.717) is 11.3 Å². The monoisotopic (exact) mass is 227 g/mol. The minimum absolute atomic E-state index is 0.491. The van der Waals surface area contributed by atoms with Gasteiger partial charge in [-0.3, -0.25) is 4.98 Å². The molecule has 0 bridgehead atoms. The topological polar surface area (TPSA) is 62.7 Å². The summed E-state index contributed by atoms with van der Waals surface area (Å²) in [5.74, 6) is 0. The summed E-state index contributed by atoms with van der Waals surface area (Å²) < 4.78 is 0. The third-order valence-corrected chi connectivity index (χ3v) is 3.04. The molecule has 2 aromatic heterocycles. The maximum atomic E-state index is 9.15. The smallest absolute Gasteiger partial charge is 0.102 e. The highest BCUT2D eigenvalue weighted by molar-refractivity contribution is 7.11. The van der Waals surface area contributed by atoms with Crippen molar-refractivity contribution in [2.45, 2.75) is 0 Å². The molecule has 3 nitrogen and oxygen atoms in total. The van der Waals surface area contributed by atoms with Crippen LogP contribution in [0.5, 0.6) is 0 Å². The summed E-state index contributed by atoms with van der Waals surface area (Å²) in [7, 11) is 0. The zero-order chi connectivity index (χ0) is 11.4. The van der Waals surface area contributed by atoms with Crippen LogP contribution in [0.15, 0.2) is 42.0 Å². The summed E-state index contributed by atoms with van der Waals surface area (Å²) in [6.07, 6.45) is 3.29. The first kappa shape index (κ1) is 10.4. The van der Waals surface area contributed by atoms with Gasteiger partial charge in [0.1, 0.15) is 6.07 Å². The number of nitrogens with zero attached hydrogens (tertiary/aromatic N) is 2. The molecule has 0 atom stereocenters. The lowest BCUT2D eigenvalue weighted by atomic mass is 10.1. The van der Waals surface area contributed by atoms with Crippen molar-refractivity contribution < 1.29 is 0 Å². The molecule has 2 rings (SSSR count). The Morgan fingerprint density at radius 2 is 2.06 bits per heavy atom. The van der Waals surface area contributed by atoms with Gasteiger partial charge >= 0.3 is 0 Å². The van der Waals surface area contributed by atoms with Crippen molar-refractivity contribution in [3.05, 3.63) is 52.5 Å². The number of pyridine rings is 1. The van der Waals surface area contributed by atoms with E-state index < -0.39 is 0 Å². The molecule has 0 radical (unpaired) electrons. The second kappa shape index (κ2) is 4.60. The fraction of sp³-hybridized carbons (Fsp3) is 0. The van der Waals surface area contributed by atoms with Crippen LogP contribution in [0.2, 0.25) is 0 Å². The van der Waals surface area contributed by atoms with Crippen LogP contribution in [0.4, 0.5) is 0 Å². The summed E-state index contributed by atoms with van der Waals surface area (Å²) in [5.41, 5.74) is 7.78. The predicted molar refractivity (Wildman–Crippen MR) is 65.2 cm³/mol. The molecule has 0 aliphatic rings. The normalized spacial score (nSPS) is 11.7. The van der Waals surface area contributed by atoms with E-state index in [2.05, 4.69) is 11.1 Å². The molecular weight excluding hydrogens is 218 g/mol. The zero-order valence-corrected chi connectivity index (χ0v) is 9.24. The maximum Gasteiger partial charge on any atom is 0.102 e. The van der Waals surface area contributed by atoms with Gasteiger partial charge in [-0.05, 0) is 29.1 Å². The van der Waals surface area contributed by atoms with E-state index in [9.17, 15) is 0 Å². The Kier molecular flexibility index (Phi) is 2.99. The fourth-order valence-corrected chi connectivity index (χ4v) is 2.04. The van der Waals surface area contributed by atoms with Crippen molar-refractivity contribution in [1.29, 1.82) is 5.26 Å². The van der Waals surface area contributed by atoms with Gasteiger partial charge < -0.3 is 5.73 Å². The lowest BCUT2D eigenvalue weighted by Crippen LogP contribution is -1.98. The quantitative estimate of drug-likeness (QED) is 0.802. The third kappa shape index (κ3) is 1.95. The zero-order valence-electron chi connectivity index (χ0n) is 8.42. The van der Waals surface area contributed by atoms with Gasteiger partial charge in [-0.1, -0.05) is 6.07 Å². The van der Waals surface area contributed by atoms with Crippen LogP contribution in [0.25, 0.3) is 11.3 Å². The SMILES string of the molecule is N#C/C(=C(/N)c1cccs1)c1ccncc1. The van der Waals surface area contributed by atoms with E-state index in [1.165, 1.54) is 11.3 Å². The van der Waals surface area contributed by atoms with Crippen molar-refractivity contribution in [3.63, 3.8) is 0 Å². The van der Waals surface area contributed by atoms with Gasteiger partial charge in [0, 0.05) is 12.4 Å². The fourth-order valence-electron chi connectivity index (χ4n) is 1.35. The number of nitriles is 1. The molecule has 16 heavy (non-hydrogen) atoms. The summed E-state index contributed by atoms with van der Waals surface area (Å²) in [6, 6.07) is 9.51. The molecule has 2 aromatic rings. The van der Waals surface area contributed by atoms with Gasteiger partial charge in [0.25, 0.3) is 0 Å². The number of hydrogen-bond donors (Lipinski definition) is 1. The van der Waals surface area contributed by atoms with E-state index >= 15 is 0 Å². The van der Waals surface area contributed by atoms with Crippen LogP contribution in [-0.4, -0.2) is 4.98 Å². The minimum Gasteiger partial charge on any atom is -0.396 e. The number of rotatable bonds is 2. The molecule has 0 spiro atoms. The lowest BCUT2D eigenvalue weighted by molar-refractivity contribution is 1.32. The molecule has 0 saturated heterocycles. The van der Waals surface area contributed by atoms with Crippen LogP contribution in [0.3, 0.4) is 0 Å². The molecule has 4 heteroatoms. The minimum atomic E-state index is 0.491. The van der Waals surface area contributed by atoms with Crippen LogP contribution in [0, 0.1) is 11.3 Å². The lowest BCUT2D eigenvalue weighted by Gasteiger charge is -2.03. The van der Waals surface area contributed by atoms with E-state index in [1.807, 2.05) is 17.5 Å². The first-order valence-electron chi connectivity index (χ1n) is 4.67.